The molecule has 152 valence electrons. The maximum atomic E-state index is 12.4. The smallest absolute Gasteiger partial charge is 0.262 e. The SMILES string of the molecule is COc1ccc2oc(-c3cccc(NC(=O)COc4ccccc4C)c3C)nc2c1. The van der Waals surface area contributed by atoms with E-state index in [9.17, 15) is 4.79 Å². The number of nitrogens with zero attached hydrogens (tertiary/aromatic N) is 1. The highest BCUT2D eigenvalue weighted by Gasteiger charge is 2.15. The van der Waals surface area contributed by atoms with Crippen molar-refractivity contribution in [1.82, 2.24) is 4.98 Å². The van der Waals surface area contributed by atoms with Gasteiger partial charge in [0.2, 0.25) is 5.89 Å². The predicted octanol–water partition coefficient (Wildman–Crippen LogP) is 5.14. The number of carbonyl (C=O) groups excluding carboxylic acids is 1. The number of hydrogen-bond acceptors (Lipinski definition) is 5. The maximum Gasteiger partial charge on any atom is 0.262 e. The lowest BCUT2D eigenvalue weighted by Gasteiger charge is -2.12. The molecule has 0 saturated heterocycles. The minimum absolute atomic E-state index is 0.0722. The predicted molar refractivity (Wildman–Crippen MR) is 116 cm³/mol. The second-order valence-corrected chi connectivity index (χ2v) is 6.93. The topological polar surface area (TPSA) is 73.6 Å². The molecule has 0 radical (unpaired) electrons. The molecule has 0 fully saturated rings. The monoisotopic (exact) mass is 402 g/mol. The molecule has 0 atom stereocenters. The van der Waals surface area contributed by atoms with Gasteiger partial charge in [0.15, 0.2) is 12.2 Å². The zero-order valence-corrected chi connectivity index (χ0v) is 17.1. The largest absolute Gasteiger partial charge is 0.497 e. The first kappa shape index (κ1) is 19.5. The van der Waals surface area contributed by atoms with E-state index < -0.39 is 0 Å². The van der Waals surface area contributed by atoms with E-state index in [0.29, 0.717) is 34.2 Å². The van der Waals surface area contributed by atoms with Gasteiger partial charge in [0.05, 0.1) is 7.11 Å². The van der Waals surface area contributed by atoms with Crippen LogP contribution < -0.4 is 14.8 Å². The molecule has 0 spiro atoms. The van der Waals surface area contributed by atoms with E-state index in [4.69, 9.17) is 13.9 Å². The van der Waals surface area contributed by atoms with E-state index in [1.807, 2.05) is 74.5 Å². The van der Waals surface area contributed by atoms with Crippen LogP contribution in [0.2, 0.25) is 0 Å². The lowest BCUT2D eigenvalue weighted by Crippen LogP contribution is -2.21. The molecule has 1 amide bonds. The Kier molecular flexibility index (Phi) is 5.39. The Labute approximate surface area is 174 Å². The van der Waals surface area contributed by atoms with Gasteiger partial charge in [-0.05, 0) is 55.3 Å². The second kappa shape index (κ2) is 8.29. The zero-order valence-electron chi connectivity index (χ0n) is 17.1. The van der Waals surface area contributed by atoms with Crippen LogP contribution in [0.25, 0.3) is 22.6 Å². The summed E-state index contributed by atoms with van der Waals surface area (Å²) in [6.45, 7) is 3.79. The van der Waals surface area contributed by atoms with Gasteiger partial charge in [-0.3, -0.25) is 4.79 Å². The third-order valence-corrected chi connectivity index (χ3v) is 4.89. The molecule has 30 heavy (non-hydrogen) atoms. The molecule has 6 heteroatoms. The molecular weight excluding hydrogens is 380 g/mol. The summed E-state index contributed by atoms with van der Waals surface area (Å²) in [5, 5.41) is 2.91. The van der Waals surface area contributed by atoms with Gasteiger partial charge in [0.25, 0.3) is 5.91 Å². The fourth-order valence-electron chi connectivity index (χ4n) is 3.20. The average molecular weight is 402 g/mol. The van der Waals surface area contributed by atoms with E-state index in [-0.39, 0.29) is 12.5 Å². The summed E-state index contributed by atoms with van der Waals surface area (Å²) in [5.74, 6) is 1.66. The van der Waals surface area contributed by atoms with Crippen LogP contribution in [0, 0.1) is 13.8 Å². The molecule has 0 unspecified atom stereocenters. The molecule has 4 aromatic rings. The van der Waals surface area contributed by atoms with E-state index in [1.54, 1.807) is 7.11 Å². The van der Waals surface area contributed by atoms with Crippen LogP contribution in [0.1, 0.15) is 11.1 Å². The third kappa shape index (κ3) is 3.98. The van der Waals surface area contributed by atoms with Crippen molar-refractivity contribution in [2.24, 2.45) is 0 Å². The molecular formula is C24H22N2O4. The van der Waals surface area contributed by atoms with Crippen molar-refractivity contribution in [3.8, 4) is 23.0 Å². The number of carbonyl (C=O) groups is 1. The fraction of sp³-hybridized carbons (Fsp3) is 0.167. The van der Waals surface area contributed by atoms with Gasteiger partial charge >= 0.3 is 0 Å². The summed E-state index contributed by atoms with van der Waals surface area (Å²) in [7, 11) is 1.61. The Morgan fingerprint density at radius 1 is 1.07 bits per heavy atom. The van der Waals surface area contributed by atoms with Gasteiger partial charge in [-0.15, -0.1) is 0 Å². The first-order valence-corrected chi connectivity index (χ1v) is 9.58. The molecule has 0 bridgehead atoms. The highest BCUT2D eigenvalue weighted by atomic mass is 16.5. The van der Waals surface area contributed by atoms with Crippen LogP contribution >= 0.6 is 0 Å². The Morgan fingerprint density at radius 2 is 1.90 bits per heavy atom. The number of aromatic nitrogens is 1. The van der Waals surface area contributed by atoms with Gasteiger partial charge in [-0.2, -0.15) is 0 Å². The Bertz CT molecular complexity index is 1210. The summed E-state index contributed by atoms with van der Waals surface area (Å²) in [5.41, 5.74) is 4.72. The summed E-state index contributed by atoms with van der Waals surface area (Å²) in [6, 6.07) is 18.7. The summed E-state index contributed by atoms with van der Waals surface area (Å²) >= 11 is 0. The standard InChI is InChI=1S/C24H22N2O4/c1-15-7-4-5-10-21(15)29-14-23(27)25-19-9-6-8-18(16(19)2)24-26-20-13-17(28-3)11-12-22(20)30-24/h4-13H,14H2,1-3H3,(H,25,27). The first-order chi connectivity index (χ1) is 14.5. The third-order valence-electron chi connectivity index (χ3n) is 4.89. The van der Waals surface area contributed by atoms with Crippen molar-refractivity contribution in [3.63, 3.8) is 0 Å². The Balaban J connectivity index is 1.53. The summed E-state index contributed by atoms with van der Waals surface area (Å²) in [6.07, 6.45) is 0. The minimum atomic E-state index is -0.235. The van der Waals surface area contributed by atoms with Gasteiger partial charge in [0.1, 0.15) is 17.0 Å². The molecule has 0 saturated carbocycles. The van der Waals surface area contributed by atoms with Crippen LogP contribution in [0.5, 0.6) is 11.5 Å². The summed E-state index contributed by atoms with van der Waals surface area (Å²) in [4.78, 5) is 17.0. The van der Waals surface area contributed by atoms with E-state index in [2.05, 4.69) is 10.3 Å². The minimum Gasteiger partial charge on any atom is -0.497 e. The molecule has 6 nitrogen and oxygen atoms in total. The average Bonchev–Trinajstić information content (AvgIpc) is 3.17. The molecule has 3 aromatic carbocycles. The van der Waals surface area contributed by atoms with Crippen molar-refractivity contribution < 1.29 is 18.7 Å². The number of benzene rings is 3. The van der Waals surface area contributed by atoms with Gasteiger partial charge in [0, 0.05) is 17.3 Å². The van der Waals surface area contributed by atoms with Crippen LogP contribution in [-0.2, 0) is 4.79 Å². The number of hydrogen-bond donors (Lipinski definition) is 1. The zero-order chi connectivity index (χ0) is 21.1. The molecule has 1 N–H and O–H groups in total. The van der Waals surface area contributed by atoms with Crippen molar-refractivity contribution >= 4 is 22.7 Å². The van der Waals surface area contributed by atoms with Crippen LogP contribution in [0.4, 0.5) is 5.69 Å². The van der Waals surface area contributed by atoms with Gasteiger partial charge in [-0.1, -0.05) is 24.3 Å². The number of oxazole rings is 1. The number of para-hydroxylation sites is 1. The number of rotatable bonds is 6. The second-order valence-electron chi connectivity index (χ2n) is 6.93. The number of aryl methyl sites for hydroxylation is 1. The number of fused-ring (bicyclic) bond motifs is 1. The maximum absolute atomic E-state index is 12.4. The number of nitrogens with one attached hydrogen (secondary N) is 1. The van der Waals surface area contributed by atoms with Gasteiger partial charge < -0.3 is 19.2 Å². The van der Waals surface area contributed by atoms with Crippen molar-refractivity contribution in [2.75, 3.05) is 19.0 Å². The lowest BCUT2D eigenvalue weighted by atomic mass is 10.1. The van der Waals surface area contributed by atoms with Gasteiger partial charge in [-0.25, -0.2) is 4.98 Å². The molecule has 1 aromatic heterocycles. The van der Waals surface area contributed by atoms with Crippen molar-refractivity contribution in [1.29, 1.82) is 0 Å². The number of amides is 1. The molecule has 4 rings (SSSR count). The highest BCUT2D eigenvalue weighted by molar-refractivity contribution is 5.93. The number of ether oxygens (including phenoxy) is 2. The number of methoxy groups -OCH3 is 1. The van der Waals surface area contributed by atoms with Crippen LogP contribution in [0.3, 0.4) is 0 Å². The Hall–Kier alpha value is -3.80. The summed E-state index contributed by atoms with van der Waals surface area (Å²) < 4.78 is 16.8. The normalized spacial score (nSPS) is 10.8. The van der Waals surface area contributed by atoms with Crippen molar-refractivity contribution in [2.45, 2.75) is 13.8 Å². The lowest BCUT2D eigenvalue weighted by molar-refractivity contribution is -0.118. The van der Waals surface area contributed by atoms with E-state index in [1.165, 1.54) is 0 Å². The molecule has 0 aliphatic heterocycles. The first-order valence-electron chi connectivity index (χ1n) is 9.58. The van der Waals surface area contributed by atoms with E-state index in [0.717, 1.165) is 16.7 Å². The quantitative estimate of drug-likeness (QED) is 0.483. The molecule has 1 heterocycles. The number of anilines is 1. The fourth-order valence-corrected chi connectivity index (χ4v) is 3.20. The van der Waals surface area contributed by atoms with E-state index >= 15 is 0 Å². The Morgan fingerprint density at radius 3 is 2.70 bits per heavy atom. The molecule has 0 aliphatic carbocycles. The van der Waals surface area contributed by atoms with Crippen molar-refractivity contribution in [3.05, 3.63) is 71.8 Å². The molecule has 0 aliphatic rings. The van der Waals surface area contributed by atoms with Crippen LogP contribution in [-0.4, -0.2) is 24.6 Å². The highest BCUT2D eigenvalue weighted by Crippen LogP contribution is 2.31. The van der Waals surface area contributed by atoms with Crippen LogP contribution in [0.15, 0.2) is 65.1 Å².